The lowest BCUT2D eigenvalue weighted by Gasteiger charge is -2.18. The third-order valence-electron chi connectivity index (χ3n) is 3.00. The summed E-state index contributed by atoms with van der Waals surface area (Å²) in [6.45, 7) is 0. The maximum atomic E-state index is 13.6. The van der Waals surface area contributed by atoms with Crippen molar-refractivity contribution < 1.29 is 67.0 Å². The van der Waals surface area contributed by atoms with Gasteiger partial charge in [0, 0.05) is 0 Å². The second-order valence-corrected chi connectivity index (χ2v) is 4.81. The summed E-state index contributed by atoms with van der Waals surface area (Å²) >= 11 is 0. The van der Waals surface area contributed by atoms with Gasteiger partial charge in [0.25, 0.3) is 0 Å². The molecule has 0 N–H and O–H groups in total. The Morgan fingerprint density at radius 2 is 0.793 bits per heavy atom. The van der Waals surface area contributed by atoms with E-state index in [9.17, 15) is 57.5 Å². The molecule has 0 spiro atoms. The average Bonchev–Trinajstić information content (AvgIpc) is 2.68. The highest BCUT2D eigenvalue weighted by Gasteiger charge is 2.48. The van der Waals surface area contributed by atoms with Gasteiger partial charge in [0.1, 0.15) is 0 Å². The van der Waals surface area contributed by atoms with Crippen molar-refractivity contribution in [1.82, 2.24) is 0 Å². The van der Waals surface area contributed by atoms with Crippen molar-refractivity contribution in [2.24, 2.45) is 0 Å². The van der Waals surface area contributed by atoms with Gasteiger partial charge >= 0.3 is 12.1 Å². The third-order valence-corrected chi connectivity index (χ3v) is 3.00. The van der Waals surface area contributed by atoms with Crippen molar-refractivity contribution in [3.05, 3.63) is 58.2 Å². The number of benzene rings is 2. The lowest BCUT2D eigenvalue weighted by atomic mass is 10.2. The molecule has 0 amide bonds. The van der Waals surface area contributed by atoms with E-state index < -0.39 is 81.7 Å². The first-order valence-corrected chi connectivity index (χ1v) is 6.54. The smallest absolute Gasteiger partial charge is 0.417 e. The van der Waals surface area contributed by atoms with Gasteiger partial charge in [-0.15, -0.1) is 0 Å². The molecule has 2 rings (SSSR count). The minimum Gasteiger partial charge on any atom is -0.417 e. The Morgan fingerprint density at radius 3 is 1.14 bits per heavy atom. The van der Waals surface area contributed by atoms with Crippen LogP contribution in [0.25, 0.3) is 0 Å². The summed E-state index contributed by atoms with van der Waals surface area (Å²) in [6, 6.07) is 0. The van der Waals surface area contributed by atoms with E-state index in [2.05, 4.69) is 9.47 Å². The molecule has 0 aliphatic heterocycles. The standard InChI is InChI=1S/C14F12O3/c15-1-3(17)7(21)11(8(22)4(1)18)28-13(27)14(25,26)29-12-9(23)5(19)2(16)6(20)10(12)24. The second kappa shape index (κ2) is 7.36. The molecule has 15 heteroatoms. The minimum absolute atomic E-state index is 2.55. The van der Waals surface area contributed by atoms with Crippen molar-refractivity contribution in [3.63, 3.8) is 0 Å². The molecule has 0 bridgehead atoms. The zero-order valence-corrected chi connectivity index (χ0v) is 12.8. The molecular formula is C14F12O3. The fourth-order valence-electron chi connectivity index (χ4n) is 1.67. The third kappa shape index (κ3) is 3.63. The summed E-state index contributed by atoms with van der Waals surface area (Å²) in [7, 11) is 0. The highest BCUT2D eigenvalue weighted by Crippen LogP contribution is 2.35. The van der Waals surface area contributed by atoms with Gasteiger partial charge in [-0.05, 0) is 0 Å². The first-order valence-electron chi connectivity index (χ1n) is 6.54. The van der Waals surface area contributed by atoms with Gasteiger partial charge in [0.05, 0.1) is 0 Å². The molecule has 158 valence electrons. The average molecular weight is 444 g/mol. The predicted octanol–water partition coefficient (Wildman–Crippen LogP) is 4.65. The molecule has 0 atom stereocenters. The molecule has 0 aromatic heterocycles. The zero-order chi connectivity index (χ0) is 22.4. The summed E-state index contributed by atoms with van der Waals surface area (Å²) in [5.74, 6) is -36.8. The number of ether oxygens (including phenoxy) is 2. The molecule has 2 aromatic rings. The van der Waals surface area contributed by atoms with Crippen LogP contribution >= 0.6 is 0 Å². The Kier molecular flexibility index (Phi) is 5.63. The van der Waals surface area contributed by atoms with Gasteiger partial charge < -0.3 is 9.47 Å². The summed E-state index contributed by atoms with van der Waals surface area (Å²) < 4.78 is 164. The van der Waals surface area contributed by atoms with E-state index in [-0.39, 0.29) is 0 Å². The molecular weight excluding hydrogens is 444 g/mol. The maximum absolute atomic E-state index is 13.6. The highest BCUT2D eigenvalue weighted by molar-refractivity contribution is 5.79. The normalized spacial score (nSPS) is 11.6. The Hall–Kier alpha value is -3.13. The van der Waals surface area contributed by atoms with Crippen LogP contribution in [0.4, 0.5) is 52.7 Å². The van der Waals surface area contributed by atoms with Gasteiger partial charge in [-0.3, -0.25) is 0 Å². The van der Waals surface area contributed by atoms with Crippen LogP contribution in [0.1, 0.15) is 0 Å². The van der Waals surface area contributed by atoms with E-state index >= 15 is 0 Å². The van der Waals surface area contributed by atoms with Crippen molar-refractivity contribution in [1.29, 1.82) is 0 Å². The van der Waals surface area contributed by atoms with Crippen LogP contribution in [0.15, 0.2) is 0 Å². The predicted molar refractivity (Wildman–Crippen MR) is 63.7 cm³/mol. The Bertz CT molecular complexity index is 962. The number of hydrogen-bond donors (Lipinski definition) is 0. The molecule has 29 heavy (non-hydrogen) atoms. The summed E-state index contributed by atoms with van der Waals surface area (Å²) in [5, 5.41) is 0. The molecule has 0 unspecified atom stereocenters. The van der Waals surface area contributed by atoms with Gasteiger partial charge in [-0.2, -0.15) is 26.3 Å². The van der Waals surface area contributed by atoms with Crippen LogP contribution in [0.3, 0.4) is 0 Å². The molecule has 0 aliphatic carbocycles. The van der Waals surface area contributed by atoms with E-state index in [1.807, 2.05) is 0 Å². The van der Waals surface area contributed by atoms with E-state index in [1.165, 1.54) is 0 Å². The highest BCUT2D eigenvalue weighted by atomic mass is 19.3. The fraction of sp³-hybridized carbons (Fsp3) is 0.0714. The van der Waals surface area contributed by atoms with Crippen molar-refractivity contribution in [2.45, 2.75) is 6.11 Å². The Morgan fingerprint density at radius 1 is 0.517 bits per heavy atom. The number of rotatable bonds is 4. The number of hydrogen-bond acceptors (Lipinski definition) is 3. The lowest BCUT2D eigenvalue weighted by Crippen LogP contribution is -2.40. The zero-order valence-electron chi connectivity index (χ0n) is 12.8. The first kappa shape index (κ1) is 22.2. The Balaban J connectivity index is 2.44. The van der Waals surface area contributed by atoms with Crippen molar-refractivity contribution >= 4 is 5.97 Å². The Labute approximate surface area is 150 Å². The quantitative estimate of drug-likeness (QED) is 0.227. The number of halogens is 12. The van der Waals surface area contributed by atoms with Gasteiger partial charge in [-0.25, -0.2) is 31.1 Å². The first-order chi connectivity index (χ1) is 13.2. The van der Waals surface area contributed by atoms with Crippen LogP contribution in [-0.4, -0.2) is 12.1 Å². The molecule has 0 saturated heterocycles. The van der Waals surface area contributed by atoms with Crippen LogP contribution < -0.4 is 9.47 Å². The number of alkyl halides is 2. The largest absolute Gasteiger partial charge is 0.502 e. The lowest BCUT2D eigenvalue weighted by molar-refractivity contribution is -0.209. The molecule has 0 heterocycles. The topological polar surface area (TPSA) is 35.5 Å². The monoisotopic (exact) mass is 444 g/mol. The molecule has 3 nitrogen and oxygen atoms in total. The van der Waals surface area contributed by atoms with Crippen LogP contribution in [-0.2, 0) is 4.79 Å². The summed E-state index contributed by atoms with van der Waals surface area (Å²) in [5.41, 5.74) is 0. The van der Waals surface area contributed by atoms with Gasteiger partial charge in [-0.1, -0.05) is 0 Å². The minimum atomic E-state index is -5.72. The molecule has 2 aromatic carbocycles. The maximum Gasteiger partial charge on any atom is 0.502 e. The van der Waals surface area contributed by atoms with E-state index in [0.29, 0.717) is 0 Å². The van der Waals surface area contributed by atoms with Crippen LogP contribution in [0.2, 0.25) is 0 Å². The molecule has 0 fully saturated rings. The summed E-state index contributed by atoms with van der Waals surface area (Å²) in [6.07, 6.45) is -5.72. The molecule has 0 radical (unpaired) electrons. The number of esters is 1. The molecule has 0 aliphatic rings. The van der Waals surface area contributed by atoms with E-state index in [1.54, 1.807) is 0 Å². The fourth-order valence-corrected chi connectivity index (χ4v) is 1.67. The van der Waals surface area contributed by atoms with Gasteiger partial charge in [0.15, 0.2) is 0 Å². The van der Waals surface area contributed by atoms with Crippen molar-refractivity contribution in [3.8, 4) is 11.5 Å². The second-order valence-electron chi connectivity index (χ2n) is 4.81. The number of carbonyl (C=O) groups is 1. The van der Waals surface area contributed by atoms with Gasteiger partial charge in [0.2, 0.25) is 69.7 Å². The SMILES string of the molecule is O=C(Oc1c(F)c(F)c(F)c(F)c1F)C(F)(F)Oc1c(F)c(F)c(F)c(F)c1F. The van der Waals surface area contributed by atoms with E-state index in [4.69, 9.17) is 0 Å². The van der Waals surface area contributed by atoms with Crippen molar-refractivity contribution in [2.75, 3.05) is 0 Å². The number of carbonyl (C=O) groups excluding carboxylic acids is 1. The van der Waals surface area contributed by atoms with Crippen LogP contribution in [0.5, 0.6) is 11.5 Å². The summed E-state index contributed by atoms with van der Waals surface area (Å²) in [4.78, 5) is 11.2. The molecule has 0 saturated carbocycles. The van der Waals surface area contributed by atoms with Crippen LogP contribution in [0, 0.1) is 58.2 Å². The van der Waals surface area contributed by atoms with E-state index in [0.717, 1.165) is 0 Å².